The minimum absolute atomic E-state index is 0.113. The van der Waals surface area contributed by atoms with Gasteiger partial charge in [0.2, 0.25) is 0 Å². The molecular weight excluding hydrogens is 331 g/mol. The first-order chi connectivity index (χ1) is 10.2. The number of rotatable bonds is 1. The summed E-state index contributed by atoms with van der Waals surface area (Å²) in [5.41, 5.74) is 9.69. The minimum atomic E-state index is 0.113. The zero-order valence-electron chi connectivity index (χ0n) is 13.7. The molecule has 0 atom stereocenters. The number of fused-ring (bicyclic) bond motifs is 3. The quantitative estimate of drug-likeness (QED) is 0.533. The predicted octanol–water partition coefficient (Wildman–Crippen LogP) is 5.14. The second-order valence-electron chi connectivity index (χ2n) is 7.29. The van der Waals surface area contributed by atoms with E-state index in [1.807, 2.05) is 6.92 Å². The van der Waals surface area contributed by atoms with Crippen LogP contribution in [0.15, 0.2) is 35.3 Å². The highest BCUT2D eigenvalue weighted by atomic mass is 79.9. The van der Waals surface area contributed by atoms with Gasteiger partial charge in [-0.1, -0.05) is 60.4 Å². The maximum atomic E-state index is 6.19. The Kier molecular flexibility index (Phi) is 3.64. The Balaban J connectivity index is 2.24. The van der Waals surface area contributed by atoms with E-state index < -0.39 is 0 Å². The summed E-state index contributed by atoms with van der Waals surface area (Å²) in [4.78, 5) is 0. The van der Waals surface area contributed by atoms with Gasteiger partial charge in [0.15, 0.2) is 0 Å². The highest BCUT2D eigenvalue weighted by molar-refractivity contribution is 9.10. The van der Waals surface area contributed by atoms with Crippen molar-refractivity contribution >= 4 is 34.8 Å². The van der Waals surface area contributed by atoms with E-state index in [0.717, 1.165) is 23.0 Å². The van der Waals surface area contributed by atoms with Crippen LogP contribution >= 0.6 is 15.9 Å². The van der Waals surface area contributed by atoms with Gasteiger partial charge >= 0.3 is 0 Å². The second kappa shape index (κ2) is 5.13. The summed E-state index contributed by atoms with van der Waals surface area (Å²) in [6.07, 6.45) is 0.953. The van der Waals surface area contributed by atoms with Crippen molar-refractivity contribution in [1.29, 1.82) is 0 Å². The van der Waals surface area contributed by atoms with Gasteiger partial charge in [-0.05, 0) is 70.3 Å². The summed E-state index contributed by atoms with van der Waals surface area (Å²) in [5.74, 6) is 0. The number of hydrogen-bond acceptors (Lipinski definition) is 0. The minimum Gasteiger partial charge on any atom is -0.0955 e. The number of hydrogen-bond donors (Lipinski definition) is 0. The highest BCUT2D eigenvalue weighted by Crippen LogP contribution is 2.42. The lowest BCUT2D eigenvalue weighted by Crippen LogP contribution is -2.12. The van der Waals surface area contributed by atoms with Gasteiger partial charge in [0.1, 0.15) is 7.85 Å². The molecular formula is C20H20BBr. The molecule has 22 heavy (non-hydrogen) atoms. The molecule has 0 saturated heterocycles. The lowest BCUT2D eigenvalue weighted by molar-refractivity contribution is 0.587. The van der Waals surface area contributed by atoms with Gasteiger partial charge in [-0.25, -0.2) is 0 Å². The maximum Gasteiger partial charge on any atom is 0.114 e. The third kappa shape index (κ3) is 2.48. The van der Waals surface area contributed by atoms with Gasteiger partial charge in [-0.3, -0.25) is 0 Å². The van der Waals surface area contributed by atoms with Crippen LogP contribution in [0.1, 0.15) is 49.9 Å². The van der Waals surface area contributed by atoms with Crippen molar-refractivity contribution in [1.82, 2.24) is 0 Å². The largest absolute Gasteiger partial charge is 0.114 e. The number of halogens is 1. The summed E-state index contributed by atoms with van der Waals surface area (Å²) in [7, 11) is 6.19. The lowest BCUT2D eigenvalue weighted by Gasteiger charge is -2.22. The average Bonchev–Trinajstić information content (AvgIpc) is 2.71. The van der Waals surface area contributed by atoms with E-state index in [4.69, 9.17) is 7.85 Å². The van der Waals surface area contributed by atoms with Crippen molar-refractivity contribution in [2.75, 3.05) is 0 Å². The molecule has 1 aliphatic carbocycles. The first-order valence-corrected chi connectivity index (χ1v) is 8.39. The van der Waals surface area contributed by atoms with Crippen LogP contribution < -0.4 is 5.46 Å². The van der Waals surface area contributed by atoms with E-state index in [1.165, 1.54) is 32.3 Å². The van der Waals surface area contributed by atoms with Crippen molar-refractivity contribution in [2.24, 2.45) is 0 Å². The van der Waals surface area contributed by atoms with Crippen molar-refractivity contribution in [3.05, 3.63) is 57.6 Å². The fraction of sp³-hybridized carbons (Fsp3) is 0.300. The van der Waals surface area contributed by atoms with Gasteiger partial charge in [0.05, 0.1) is 0 Å². The normalized spacial score (nSPS) is 13.0. The molecule has 0 heterocycles. The van der Waals surface area contributed by atoms with Crippen molar-refractivity contribution in [3.63, 3.8) is 0 Å². The Labute approximate surface area is 143 Å². The third-order valence-electron chi connectivity index (χ3n) is 4.41. The van der Waals surface area contributed by atoms with Crippen molar-refractivity contribution in [2.45, 2.75) is 39.5 Å². The highest BCUT2D eigenvalue weighted by Gasteiger charge is 2.25. The molecule has 0 fully saturated rings. The van der Waals surface area contributed by atoms with Crippen LogP contribution in [0, 0.1) is 0 Å². The molecule has 0 amide bonds. The van der Waals surface area contributed by atoms with E-state index in [0.29, 0.717) is 0 Å². The summed E-state index contributed by atoms with van der Waals surface area (Å²) in [6.45, 7) is 12.8. The van der Waals surface area contributed by atoms with Gasteiger partial charge < -0.3 is 0 Å². The number of allylic oxidation sites excluding steroid dienone is 1. The van der Waals surface area contributed by atoms with E-state index >= 15 is 0 Å². The molecule has 2 heteroatoms. The SMILES string of the molecule is [B]c1cc2c(cc1C(=C)C)-c1cc(C(C)(C)C)c(Br)cc1C2. The fourth-order valence-corrected chi connectivity index (χ4v) is 4.21. The van der Waals surface area contributed by atoms with Gasteiger partial charge in [0, 0.05) is 4.47 Å². The maximum absolute atomic E-state index is 6.19. The monoisotopic (exact) mass is 350 g/mol. The fourth-order valence-electron chi connectivity index (χ4n) is 3.22. The summed E-state index contributed by atoms with van der Waals surface area (Å²) >= 11 is 3.74. The third-order valence-corrected chi connectivity index (χ3v) is 5.06. The van der Waals surface area contributed by atoms with Crippen molar-refractivity contribution in [3.8, 4) is 11.1 Å². The summed E-state index contributed by atoms with van der Waals surface area (Å²) in [5, 5.41) is 0. The molecule has 0 N–H and O–H groups in total. The summed E-state index contributed by atoms with van der Waals surface area (Å²) in [6, 6.07) is 8.93. The predicted molar refractivity (Wildman–Crippen MR) is 101 cm³/mol. The lowest BCUT2D eigenvalue weighted by atomic mass is 9.83. The molecule has 2 aromatic carbocycles. The molecule has 0 unspecified atom stereocenters. The topological polar surface area (TPSA) is 0 Å². The molecule has 0 spiro atoms. The Morgan fingerprint density at radius 1 is 1.09 bits per heavy atom. The van der Waals surface area contributed by atoms with E-state index in [2.05, 4.69) is 67.5 Å². The Morgan fingerprint density at radius 2 is 1.68 bits per heavy atom. The van der Waals surface area contributed by atoms with Crippen LogP contribution in [0.2, 0.25) is 0 Å². The van der Waals surface area contributed by atoms with E-state index in [9.17, 15) is 0 Å². The van der Waals surface area contributed by atoms with Crippen LogP contribution in [0.5, 0.6) is 0 Å². The zero-order chi connectivity index (χ0) is 16.2. The Bertz CT molecular complexity index is 794. The van der Waals surface area contributed by atoms with E-state index in [-0.39, 0.29) is 5.41 Å². The standard InChI is InChI=1S/C20H20BBr/c1-11(2)14-9-15-12(7-18(14)21)6-13-8-19(22)17(10-16(13)15)20(3,4)5/h7-10H,1,6H2,2-5H3. The molecule has 0 nitrogen and oxygen atoms in total. The van der Waals surface area contributed by atoms with Crippen molar-refractivity contribution < 1.29 is 0 Å². The first kappa shape index (κ1) is 15.6. The number of benzene rings is 2. The molecule has 0 saturated carbocycles. The zero-order valence-corrected chi connectivity index (χ0v) is 15.3. The Morgan fingerprint density at radius 3 is 2.27 bits per heavy atom. The molecule has 2 radical (unpaired) electrons. The van der Waals surface area contributed by atoms with Gasteiger partial charge in [-0.15, -0.1) is 0 Å². The van der Waals surface area contributed by atoms with Crippen LogP contribution in [-0.4, -0.2) is 7.85 Å². The molecule has 0 aliphatic heterocycles. The van der Waals surface area contributed by atoms with Crippen LogP contribution in [0.4, 0.5) is 0 Å². The van der Waals surface area contributed by atoms with Gasteiger partial charge in [0.25, 0.3) is 0 Å². The molecule has 110 valence electrons. The average molecular weight is 351 g/mol. The van der Waals surface area contributed by atoms with Crippen LogP contribution in [-0.2, 0) is 11.8 Å². The molecule has 2 aromatic rings. The smallest absolute Gasteiger partial charge is 0.0955 e. The van der Waals surface area contributed by atoms with E-state index in [1.54, 1.807) is 0 Å². The molecule has 0 aromatic heterocycles. The molecule has 1 aliphatic rings. The molecule has 0 bridgehead atoms. The molecule has 3 rings (SSSR count). The summed E-state index contributed by atoms with van der Waals surface area (Å²) < 4.78 is 1.19. The Hall–Kier alpha value is -1.28. The van der Waals surface area contributed by atoms with Crippen LogP contribution in [0.25, 0.3) is 16.7 Å². The second-order valence-corrected chi connectivity index (χ2v) is 8.15. The first-order valence-electron chi connectivity index (χ1n) is 7.60. The van der Waals surface area contributed by atoms with Crippen LogP contribution in [0.3, 0.4) is 0 Å². The van der Waals surface area contributed by atoms with Gasteiger partial charge in [-0.2, -0.15) is 0 Å².